The quantitative estimate of drug-likeness (QED) is 0.907. The van der Waals surface area contributed by atoms with E-state index in [9.17, 15) is 0 Å². The molecule has 0 amide bonds. The van der Waals surface area contributed by atoms with E-state index in [1.54, 1.807) is 13.2 Å². The zero-order chi connectivity index (χ0) is 14.4. The van der Waals surface area contributed by atoms with E-state index in [1.165, 1.54) is 0 Å². The number of hydrogen-bond donors (Lipinski definition) is 1. The second kappa shape index (κ2) is 7.49. The van der Waals surface area contributed by atoms with Crippen LogP contribution in [0.4, 0.5) is 5.69 Å². The van der Waals surface area contributed by atoms with Gasteiger partial charge in [0.2, 0.25) is 0 Å². The van der Waals surface area contributed by atoms with Crippen LogP contribution in [0, 0.1) is 11.3 Å². The van der Waals surface area contributed by atoms with Crippen LogP contribution in [0.5, 0.6) is 0 Å². The summed E-state index contributed by atoms with van der Waals surface area (Å²) >= 11 is 5.91. The highest BCUT2D eigenvalue weighted by Gasteiger charge is 2.19. The Labute approximate surface area is 125 Å². The van der Waals surface area contributed by atoms with Crippen molar-refractivity contribution in [2.45, 2.75) is 18.9 Å². The number of anilines is 1. The van der Waals surface area contributed by atoms with Gasteiger partial charge in [-0.3, -0.25) is 0 Å². The van der Waals surface area contributed by atoms with Gasteiger partial charge in [0.1, 0.15) is 6.07 Å². The first-order valence-corrected chi connectivity index (χ1v) is 7.28. The van der Waals surface area contributed by atoms with Crippen molar-refractivity contribution in [1.82, 2.24) is 4.90 Å². The Morgan fingerprint density at radius 2 is 2.20 bits per heavy atom. The fourth-order valence-corrected chi connectivity index (χ4v) is 2.65. The van der Waals surface area contributed by atoms with Crippen LogP contribution in [-0.4, -0.2) is 44.3 Å². The molecule has 0 radical (unpaired) electrons. The Kier molecular flexibility index (Phi) is 5.66. The third kappa shape index (κ3) is 4.11. The summed E-state index contributed by atoms with van der Waals surface area (Å²) in [6, 6.07) is 8.02. The minimum Gasteiger partial charge on any atom is -0.383 e. The van der Waals surface area contributed by atoms with Crippen LogP contribution in [-0.2, 0) is 4.74 Å². The van der Waals surface area contributed by atoms with E-state index in [4.69, 9.17) is 21.6 Å². The van der Waals surface area contributed by atoms with Crippen molar-refractivity contribution < 1.29 is 4.74 Å². The molecule has 1 fully saturated rings. The highest BCUT2D eigenvalue weighted by molar-refractivity contribution is 6.30. The lowest BCUT2D eigenvalue weighted by atomic mass is 10.0. The van der Waals surface area contributed by atoms with E-state index in [2.05, 4.69) is 16.3 Å². The van der Waals surface area contributed by atoms with Gasteiger partial charge in [0.05, 0.1) is 17.9 Å². The summed E-state index contributed by atoms with van der Waals surface area (Å²) in [7, 11) is 1.73. The van der Waals surface area contributed by atoms with E-state index in [-0.39, 0.29) is 0 Å². The average Bonchev–Trinajstić information content (AvgIpc) is 2.48. The maximum atomic E-state index is 9.14. The molecule has 1 N–H and O–H groups in total. The number of ether oxygens (including phenoxy) is 1. The number of rotatable bonds is 5. The third-order valence-electron chi connectivity index (χ3n) is 3.66. The number of halogens is 1. The molecule has 0 unspecified atom stereocenters. The summed E-state index contributed by atoms with van der Waals surface area (Å²) in [5.74, 6) is 0. The van der Waals surface area contributed by atoms with Gasteiger partial charge in [-0.05, 0) is 31.0 Å². The maximum Gasteiger partial charge on any atom is 0.101 e. The summed E-state index contributed by atoms with van der Waals surface area (Å²) in [5.41, 5.74) is 1.49. The van der Waals surface area contributed by atoms with Crippen molar-refractivity contribution in [3.05, 3.63) is 28.8 Å². The smallest absolute Gasteiger partial charge is 0.101 e. The van der Waals surface area contributed by atoms with Gasteiger partial charge < -0.3 is 15.0 Å². The molecule has 2 rings (SSSR count). The molecular formula is C15H20ClN3O. The number of likely N-dealkylation sites (tertiary alicyclic amines) is 1. The third-order valence-corrected chi connectivity index (χ3v) is 3.90. The van der Waals surface area contributed by atoms with Crippen LogP contribution in [0.2, 0.25) is 5.02 Å². The highest BCUT2D eigenvalue weighted by Crippen LogP contribution is 2.23. The number of benzene rings is 1. The predicted molar refractivity (Wildman–Crippen MR) is 81.1 cm³/mol. The Balaban J connectivity index is 1.88. The Bertz CT molecular complexity index is 478. The van der Waals surface area contributed by atoms with Gasteiger partial charge in [-0.2, -0.15) is 5.26 Å². The number of nitrogens with zero attached hydrogens (tertiary/aromatic N) is 2. The molecule has 0 aromatic heterocycles. The van der Waals surface area contributed by atoms with Crippen LogP contribution in [0.25, 0.3) is 0 Å². The summed E-state index contributed by atoms with van der Waals surface area (Å²) < 4.78 is 5.10. The second-order valence-electron chi connectivity index (χ2n) is 5.05. The number of piperidine rings is 1. The molecule has 5 heteroatoms. The van der Waals surface area contributed by atoms with E-state index >= 15 is 0 Å². The zero-order valence-corrected chi connectivity index (χ0v) is 12.5. The standard InChI is InChI=1S/C15H20ClN3O/c1-20-9-8-19-6-4-14(5-7-19)18-15-3-2-13(16)10-12(15)11-17/h2-3,10,14,18H,4-9H2,1H3. The summed E-state index contributed by atoms with van der Waals surface area (Å²) in [4.78, 5) is 2.41. The van der Waals surface area contributed by atoms with Gasteiger partial charge in [0, 0.05) is 37.8 Å². The van der Waals surface area contributed by atoms with E-state index in [0.717, 1.165) is 44.8 Å². The molecule has 1 heterocycles. The average molecular weight is 294 g/mol. The first-order chi connectivity index (χ1) is 9.72. The minimum atomic E-state index is 0.419. The summed E-state index contributed by atoms with van der Waals surface area (Å²) in [6.07, 6.45) is 2.16. The normalized spacial score (nSPS) is 16.9. The van der Waals surface area contributed by atoms with Crippen LogP contribution in [0.15, 0.2) is 18.2 Å². The molecule has 1 aromatic carbocycles. The molecule has 108 valence electrons. The molecule has 1 aromatic rings. The molecular weight excluding hydrogens is 274 g/mol. The van der Waals surface area contributed by atoms with Crippen molar-refractivity contribution in [2.75, 3.05) is 38.7 Å². The van der Waals surface area contributed by atoms with Gasteiger partial charge in [-0.15, -0.1) is 0 Å². The lowest BCUT2D eigenvalue weighted by Crippen LogP contribution is -2.40. The number of methoxy groups -OCH3 is 1. The highest BCUT2D eigenvalue weighted by atomic mass is 35.5. The van der Waals surface area contributed by atoms with Gasteiger partial charge in [0.25, 0.3) is 0 Å². The predicted octanol–water partition coefficient (Wildman–Crippen LogP) is 2.73. The van der Waals surface area contributed by atoms with Gasteiger partial charge >= 0.3 is 0 Å². The lowest BCUT2D eigenvalue weighted by Gasteiger charge is -2.32. The number of nitrogens with one attached hydrogen (secondary N) is 1. The van der Waals surface area contributed by atoms with E-state index in [0.29, 0.717) is 16.6 Å². The molecule has 1 aliphatic rings. The lowest BCUT2D eigenvalue weighted by molar-refractivity contribution is 0.132. The molecule has 1 saturated heterocycles. The Morgan fingerprint density at radius 3 is 2.85 bits per heavy atom. The fourth-order valence-electron chi connectivity index (χ4n) is 2.48. The van der Waals surface area contributed by atoms with E-state index < -0.39 is 0 Å². The fraction of sp³-hybridized carbons (Fsp3) is 0.533. The molecule has 20 heavy (non-hydrogen) atoms. The summed E-state index contributed by atoms with van der Waals surface area (Å²) in [5, 5.41) is 13.2. The number of nitriles is 1. The van der Waals surface area contributed by atoms with Gasteiger partial charge in [-0.1, -0.05) is 11.6 Å². The molecule has 0 aliphatic carbocycles. The molecule has 0 bridgehead atoms. The van der Waals surface area contributed by atoms with Gasteiger partial charge in [0.15, 0.2) is 0 Å². The SMILES string of the molecule is COCCN1CCC(Nc2ccc(Cl)cc2C#N)CC1. The van der Waals surface area contributed by atoms with Crippen LogP contribution in [0.1, 0.15) is 18.4 Å². The molecule has 0 spiro atoms. The van der Waals surface area contributed by atoms with Crippen molar-refractivity contribution >= 4 is 17.3 Å². The minimum absolute atomic E-state index is 0.419. The molecule has 0 saturated carbocycles. The first kappa shape index (κ1) is 15.1. The monoisotopic (exact) mass is 293 g/mol. The zero-order valence-electron chi connectivity index (χ0n) is 11.7. The van der Waals surface area contributed by atoms with Crippen molar-refractivity contribution in [3.8, 4) is 6.07 Å². The Hall–Kier alpha value is -1.28. The van der Waals surface area contributed by atoms with Crippen molar-refractivity contribution in [3.63, 3.8) is 0 Å². The van der Waals surface area contributed by atoms with Crippen LogP contribution in [0.3, 0.4) is 0 Å². The largest absolute Gasteiger partial charge is 0.383 e. The molecule has 1 aliphatic heterocycles. The van der Waals surface area contributed by atoms with Crippen molar-refractivity contribution in [2.24, 2.45) is 0 Å². The van der Waals surface area contributed by atoms with Gasteiger partial charge in [-0.25, -0.2) is 0 Å². The second-order valence-corrected chi connectivity index (χ2v) is 5.49. The maximum absolute atomic E-state index is 9.14. The first-order valence-electron chi connectivity index (χ1n) is 6.90. The van der Waals surface area contributed by atoms with Crippen LogP contribution < -0.4 is 5.32 Å². The van der Waals surface area contributed by atoms with Crippen LogP contribution >= 0.6 is 11.6 Å². The van der Waals surface area contributed by atoms with E-state index in [1.807, 2.05) is 12.1 Å². The topological polar surface area (TPSA) is 48.3 Å². The molecule has 0 atom stereocenters. The summed E-state index contributed by atoms with van der Waals surface area (Å²) in [6.45, 7) is 3.91. The molecule has 4 nitrogen and oxygen atoms in total. The number of hydrogen-bond acceptors (Lipinski definition) is 4. The Morgan fingerprint density at radius 1 is 1.45 bits per heavy atom. The van der Waals surface area contributed by atoms with Crippen molar-refractivity contribution in [1.29, 1.82) is 5.26 Å².